The predicted octanol–water partition coefficient (Wildman–Crippen LogP) is 2.93. The van der Waals surface area contributed by atoms with Gasteiger partial charge in [0, 0.05) is 25.2 Å². The Morgan fingerprint density at radius 2 is 1.84 bits per heavy atom. The molecule has 2 fully saturated rings. The molecule has 6 heteroatoms. The number of aliphatic carboxylic acids is 1. The maximum Gasteiger partial charge on any atom is 0.317 e. The molecule has 2 amide bonds. The zero-order valence-electron chi connectivity index (χ0n) is 15.9. The van der Waals surface area contributed by atoms with Gasteiger partial charge >= 0.3 is 12.0 Å². The number of urea groups is 1. The van der Waals surface area contributed by atoms with E-state index in [1.54, 1.807) is 0 Å². The minimum absolute atomic E-state index is 0.0673. The van der Waals surface area contributed by atoms with Crippen LogP contribution in [0.15, 0.2) is 0 Å². The molecule has 1 unspecified atom stereocenters. The Morgan fingerprint density at radius 3 is 2.48 bits per heavy atom. The van der Waals surface area contributed by atoms with Crippen molar-refractivity contribution in [3.8, 4) is 0 Å². The lowest BCUT2D eigenvalue weighted by atomic mass is 9.83. The monoisotopic (exact) mass is 353 g/mol. The van der Waals surface area contributed by atoms with Gasteiger partial charge in [0.05, 0.1) is 6.54 Å². The number of rotatable bonds is 6. The number of hydrogen-bond donors (Lipinski definition) is 2. The van der Waals surface area contributed by atoms with Crippen LogP contribution in [-0.4, -0.2) is 65.7 Å². The van der Waals surface area contributed by atoms with Gasteiger partial charge in [-0.15, -0.1) is 0 Å². The maximum absolute atomic E-state index is 12.6. The second-order valence-electron chi connectivity index (χ2n) is 7.84. The number of carboxylic acids is 1. The summed E-state index contributed by atoms with van der Waals surface area (Å²) in [6.07, 6.45) is 10.00. The van der Waals surface area contributed by atoms with Crippen molar-refractivity contribution >= 4 is 12.0 Å². The molecular weight excluding hydrogens is 318 g/mol. The first-order valence-electron chi connectivity index (χ1n) is 9.97. The van der Waals surface area contributed by atoms with Crippen molar-refractivity contribution < 1.29 is 14.7 Å². The Hall–Kier alpha value is -1.30. The Kier molecular flexibility index (Phi) is 8.00. The lowest BCUT2D eigenvalue weighted by Gasteiger charge is -2.31. The van der Waals surface area contributed by atoms with Crippen LogP contribution in [0.5, 0.6) is 0 Å². The van der Waals surface area contributed by atoms with Crippen LogP contribution >= 0.6 is 0 Å². The molecule has 1 saturated heterocycles. The van der Waals surface area contributed by atoms with E-state index in [1.807, 2.05) is 16.8 Å². The zero-order valence-corrected chi connectivity index (χ0v) is 15.9. The molecule has 144 valence electrons. The number of nitrogens with zero attached hydrogens (tertiary/aromatic N) is 2. The number of likely N-dealkylation sites (tertiary alicyclic amines) is 1. The first-order chi connectivity index (χ1) is 12.0. The molecule has 2 aliphatic rings. The summed E-state index contributed by atoms with van der Waals surface area (Å²) in [5.74, 6) is 0.0573. The first-order valence-corrected chi connectivity index (χ1v) is 9.97. The van der Waals surface area contributed by atoms with Gasteiger partial charge in [-0.2, -0.15) is 0 Å². The fourth-order valence-corrected chi connectivity index (χ4v) is 4.33. The number of carbonyl (C=O) groups is 2. The third-order valence-electron chi connectivity index (χ3n) is 5.86. The summed E-state index contributed by atoms with van der Waals surface area (Å²) in [6.45, 7) is 3.80. The first kappa shape index (κ1) is 20.0. The molecule has 0 bridgehead atoms. The fraction of sp³-hybridized carbons (Fsp3) is 0.895. The average Bonchev–Trinajstić information content (AvgIpc) is 2.82. The van der Waals surface area contributed by atoms with Crippen molar-refractivity contribution in [1.29, 1.82) is 0 Å². The predicted molar refractivity (Wildman–Crippen MR) is 98.7 cm³/mol. The number of nitrogens with one attached hydrogen (secondary N) is 1. The van der Waals surface area contributed by atoms with Crippen LogP contribution in [-0.2, 0) is 4.79 Å². The third kappa shape index (κ3) is 6.49. The smallest absolute Gasteiger partial charge is 0.317 e. The van der Waals surface area contributed by atoms with E-state index >= 15 is 0 Å². The molecule has 1 atom stereocenters. The Morgan fingerprint density at radius 1 is 1.12 bits per heavy atom. The van der Waals surface area contributed by atoms with E-state index in [9.17, 15) is 9.59 Å². The van der Waals surface area contributed by atoms with Crippen LogP contribution in [0.2, 0.25) is 0 Å². The van der Waals surface area contributed by atoms with Crippen molar-refractivity contribution in [3.05, 3.63) is 0 Å². The highest BCUT2D eigenvalue weighted by Gasteiger charge is 2.26. The summed E-state index contributed by atoms with van der Waals surface area (Å²) < 4.78 is 0. The van der Waals surface area contributed by atoms with Crippen molar-refractivity contribution in [3.63, 3.8) is 0 Å². The highest BCUT2D eigenvalue weighted by atomic mass is 16.4. The van der Waals surface area contributed by atoms with Gasteiger partial charge in [-0.3, -0.25) is 9.69 Å². The number of hydrogen-bond acceptors (Lipinski definition) is 3. The topological polar surface area (TPSA) is 72.9 Å². The minimum Gasteiger partial charge on any atom is -0.480 e. The molecule has 1 heterocycles. The normalized spacial score (nSPS) is 27.8. The zero-order chi connectivity index (χ0) is 18.2. The van der Waals surface area contributed by atoms with Gasteiger partial charge in [-0.1, -0.05) is 19.8 Å². The van der Waals surface area contributed by atoms with Crippen molar-refractivity contribution in [2.45, 2.75) is 76.8 Å². The summed E-state index contributed by atoms with van der Waals surface area (Å²) in [7, 11) is 1.86. The Balaban J connectivity index is 1.74. The van der Waals surface area contributed by atoms with Crippen LogP contribution in [0.1, 0.15) is 64.7 Å². The van der Waals surface area contributed by atoms with E-state index in [4.69, 9.17) is 5.11 Å². The molecule has 0 aromatic rings. The number of carboxylic acid groups (broad SMARTS) is 1. The SMILES string of the molecule is CCCC1CCC(NC(=O)N2CCCC(N(C)CC(=O)O)CC2)CC1. The number of amides is 2. The van der Waals surface area contributed by atoms with Crippen LogP contribution in [0.4, 0.5) is 4.79 Å². The average molecular weight is 354 g/mol. The van der Waals surface area contributed by atoms with E-state index in [0.29, 0.717) is 12.6 Å². The van der Waals surface area contributed by atoms with Crippen LogP contribution in [0.3, 0.4) is 0 Å². The van der Waals surface area contributed by atoms with Crippen LogP contribution in [0.25, 0.3) is 0 Å². The summed E-state index contributed by atoms with van der Waals surface area (Å²) in [5.41, 5.74) is 0. The van der Waals surface area contributed by atoms with E-state index in [2.05, 4.69) is 12.2 Å². The molecule has 1 saturated carbocycles. The maximum atomic E-state index is 12.6. The van der Waals surface area contributed by atoms with Gasteiger partial charge < -0.3 is 15.3 Å². The van der Waals surface area contributed by atoms with Gasteiger partial charge in [0.25, 0.3) is 0 Å². The molecule has 1 aliphatic carbocycles. The van der Waals surface area contributed by atoms with E-state index < -0.39 is 5.97 Å². The molecule has 2 rings (SSSR count). The van der Waals surface area contributed by atoms with E-state index in [-0.39, 0.29) is 18.6 Å². The highest BCUT2D eigenvalue weighted by molar-refractivity contribution is 5.74. The summed E-state index contributed by atoms with van der Waals surface area (Å²) in [6, 6.07) is 0.646. The molecule has 2 N–H and O–H groups in total. The standard InChI is InChI=1S/C19H35N3O3/c1-3-5-15-7-9-16(10-8-15)20-19(25)22-12-4-6-17(11-13-22)21(2)14-18(23)24/h15-17H,3-14H2,1-2H3,(H,20,25)(H,23,24). The lowest BCUT2D eigenvalue weighted by molar-refractivity contribution is -0.138. The second kappa shape index (κ2) is 10.00. The van der Waals surface area contributed by atoms with Gasteiger partial charge in [-0.25, -0.2) is 4.79 Å². The van der Waals surface area contributed by atoms with Crippen molar-refractivity contribution in [2.24, 2.45) is 5.92 Å². The molecule has 6 nitrogen and oxygen atoms in total. The molecule has 0 aromatic carbocycles. The van der Waals surface area contributed by atoms with Gasteiger partial charge in [-0.05, 0) is 57.9 Å². The van der Waals surface area contributed by atoms with Crippen molar-refractivity contribution in [1.82, 2.24) is 15.1 Å². The molecule has 1 aliphatic heterocycles. The van der Waals surface area contributed by atoms with Crippen LogP contribution < -0.4 is 5.32 Å². The third-order valence-corrected chi connectivity index (χ3v) is 5.86. The largest absolute Gasteiger partial charge is 0.480 e. The van der Waals surface area contributed by atoms with Gasteiger partial charge in [0.2, 0.25) is 0 Å². The summed E-state index contributed by atoms with van der Waals surface area (Å²) >= 11 is 0. The quantitative estimate of drug-likeness (QED) is 0.770. The highest BCUT2D eigenvalue weighted by Crippen LogP contribution is 2.28. The van der Waals surface area contributed by atoms with Gasteiger partial charge in [0.15, 0.2) is 0 Å². The molecular formula is C19H35N3O3. The lowest BCUT2D eigenvalue weighted by Crippen LogP contribution is -2.46. The molecule has 25 heavy (non-hydrogen) atoms. The summed E-state index contributed by atoms with van der Waals surface area (Å²) in [4.78, 5) is 27.3. The van der Waals surface area contributed by atoms with E-state index in [1.165, 1.54) is 25.7 Å². The minimum atomic E-state index is -0.792. The summed E-state index contributed by atoms with van der Waals surface area (Å²) in [5, 5.41) is 12.2. The second-order valence-corrected chi connectivity index (χ2v) is 7.84. The molecule has 0 spiro atoms. The van der Waals surface area contributed by atoms with Crippen LogP contribution in [0, 0.1) is 5.92 Å². The fourth-order valence-electron chi connectivity index (χ4n) is 4.33. The van der Waals surface area contributed by atoms with Crippen molar-refractivity contribution in [2.75, 3.05) is 26.7 Å². The number of likely N-dealkylation sites (N-methyl/N-ethyl adjacent to an activating group) is 1. The Bertz CT molecular complexity index is 436. The van der Waals surface area contributed by atoms with E-state index in [0.717, 1.165) is 44.6 Å². The van der Waals surface area contributed by atoms with Gasteiger partial charge in [0.1, 0.15) is 0 Å². The molecule has 0 radical (unpaired) electrons. The Labute approximate surface area is 151 Å². The molecule has 0 aromatic heterocycles. The number of carbonyl (C=O) groups excluding carboxylic acids is 1.